The lowest BCUT2D eigenvalue weighted by molar-refractivity contribution is 0.583. The van der Waals surface area contributed by atoms with E-state index in [1.165, 1.54) is 22.7 Å². The number of thiazole rings is 1. The van der Waals surface area contributed by atoms with Gasteiger partial charge in [-0.2, -0.15) is 0 Å². The van der Waals surface area contributed by atoms with E-state index < -0.39 is 10.0 Å². The number of rotatable bonds is 5. The summed E-state index contributed by atoms with van der Waals surface area (Å²) in [5.74, 6) is 0. The summed E-state index contributed by atoms with van der Waals surface area (Å²) in [5, 5.41) is 2.62. The van der Waals surface area contributed by atoms with Gasteiger partial charge in [-0.25, -0.2) is 18.1 Å². The molecule has 114 valence electrons. The number of pyridine rings is 1. The molecule has 0 amide bonds. The Labute approximate surface area is 136 Å². The normalized spacial score (nSPS) is 11.7. The molecule has 0 aliphatic rings. The predicted molar refractivity (Wildman–Crippen MR) is 88.4 cm³/mol. The SMILES string of the molecule is Cc1ccc(S(=O)(=O)NCc2nc(-c3cccnc3)cs2)s1. The van der Waals surface area contributed by atoms with Crippen molar-refractivity contribution in [3.8, 4) is 11.3 Å². The Morgan fingerprint density at radius 3 is 2.82 bits per heavy atom. The fourth-order valence-corrected chi connectivity index (χ4v) is 4.97. The van der Waals surface area contributed by atoms with Gasteiger partial charge in [-0.3, -0.25) is 4.98 Å². The van der Waals surface area contributed by atoms with E-state index in [2.05, 4.69) is 14.7 Å². The molecule has 0 aliphatic carbocycles. The smallest absolute Gasteiger partial charge is 0.250 e. The van der Waals surface area contributed by atoms with Crippen LogP contribution < -0.4 is 4.72 Å². The third-order valence-electron chi connectivity index (χ3n) is 2.90. The first kappa shape index (κ1) is 15.3. The predicted octanol–water partition coefficient (Wildman–Crippen LogP) is 3.05. The van der Waals surface area contributed by atoms with Crippen LogP contribution in [0, 0.1) is 6.92 Å². The molecule has 1 N–H and O–H groups in total. The maximum atomic E-state index is 12.2. The maximum Gasteiger partial charge on any atom is 0.250 e. The highest BCUT2D eigenvalue weighted by atomic mass is 32.2. The van der Waals surface area contributed by atoms with Gasteiger partial charge in [-0.15, -0.1) is 22.7 Å². The summed E-state index contributed by atoms with van der Waals surface area (Å²) >= 11 is 2.68. The van der Waals surface area contributed by atoms with Crippen molar-refractivity contribution in [2.75, 3.05) is 0 Å². The molecule has 3 aromatic heterocycles. The first-order chi connectivity index (χ1) is 10.5. The van der Waals surface area contributed by atoms with Crippen LogP contribution in [0.15, 0.2) is 46.2 Å². The molecular weight excluding hydrogens is 338 g/mol. The number of sulfonamides is 1. The van der Waals surface area contributed by atoms with Gasteiger partial charge in [-0.1, -0.05) is 0 Å². The number of thiophene rings is 1. The van der Waals surface area contributed by atoms with Crippen LogP contribution in [0.1, 0.15) is 9.88 Å². The minimum Gasteiger partial charge on any atom is -0.264 e. The third kappa shape index (κ3) is 3.41. The number of hydrogen-bond acceptors (Lipinski definition) is 6. The molecule has 3 heterocycles. The Morgan fingerprint density at radius 2 is 2.14 bits per heavy atom. The van der Waals surface area contributed by atoms with Gasteiger partial charge in [0.1, 0.15) is 9.22 Å². The molecule has 0 spiro atoms. The molecule has 3 aromatic rings. The molecule has 0 saturated carbocycles. The van der Waals surface area contributed by atoms with Crippen molar-refractivity contribution < 1.29 is 8.42 Å². The number of nitrogens with one attached hydrogen (secondary N) is 1. The zero-order valence-electron chi connectivity index (χ0n) is 11.7. The third-order valence-corrected chi connectivity index (χ3v) is 6.65. The summed E-state index contributed by atoms with van der Waals surface area (Å²) in [4.78, 5) is 9.46. The summed E-state index contributed by atoms with van der Waals surface area (Å²) in [7, 11) is -3.47. The molecule has 22 heavy (non-hydrogen) atoms. The first-order valence-corrected chi connectivity index (χ1v) is 9.63. The zero-order valence-corrected chi connectivity index (χ0v) is 14.1. The lowest BCUT2D eigenvalue weighted by Gasteiger charge is -2.02. The standard InChI is InChI=1S/C14H13N3O2S3/c1-10-4-5-14(21-10)22(18,19)16-8-13-17-12(9-20-13)11-3-2-6-15-7-11/h2-7,9,16H,8H2,1H3. The highest BCUT2D eigenvalue weighted by Gasteiger charge is 2.16. The van der Waals surface area contributed by atoms with E-state index in [-0.39, 0.29) is 6.54 Å². The van der Waals surface area contributed by atoms with E-state index in [9.17, 15) is 8.42 Å². The molecule has 0 radical (unpaired) electrons. The monoisotopic (exact) mass is 351 g/mol. The second-order valence-corrected chi connectivity index (χ2v) is 8.78. The van der Waals surface area contributed by atoms with Crippen molar-refractivity contribution >= 4 is 32.7 Å². The Balaban J connectivity index is 1.71. The van der Waals surface area contributed by atoms with Crippen LogP contribution >= 0.6 is 22.7 Å². The van der Waals surface area contributed by atoms with Crippen molar-refractivity contribution in [1.82, 2.24) is 14.7 Å². The molecule has 0 fully saturated rings. The minimum absolute atomic E-state index is 0.185. The maximum absolute atomic E-state index is 12.2. The fourth-order valence-electron chi connectivity index (χ4n) is 1.82. The number of hydrogen-bond donors (Lipinski definition) is 1. The van der Waals surface area contributed by atoms with Gasteiger partial charge in [-0.05, 0) is 31.2 Å². The van der Waals surface area contributed by atoms with Crippen LogP contribution in [-0.2, 0) is 16.6 Å². The number of nitrogens with zero attached hydrogens (tertiary/aromatic N) is 2. The second kappa shape index (κ2) is 6.25. The Bertz CT molecular complexity index is 870. The van der Waals surface area contributed by atoms with Crippen LogP contribution in [-0.4, -0.2) is 18.4 Å². The van der Waals surface area contributed by atoms with Crippen molar-refractivity contribution in [1.29, 1.82) is 0 Å². The number of aryl methyl sites for hydroxylation is 1. The highest BCUT2D eigenvalue weighted by molar-refractivity contribution is 7.91. The van der Waals surface area contributed by atoms with Crippen molar-refractivity contribution in [3.63, 3.8) is 0 Å². The first-order valence-electron chi connectivity index (χ1n) is 6.45. The molecular formula is C14H13N3O2S3. The van der Waals surface area contributed by atoms with Crippen molar-refractivity contribution in [2.24, 2.45) is 0 Å². The van der Waals surface area contributed by atoms with E-state index in [1.807, 2.05) is 24.4 Å². The largest absolute Gasteiger partial charge is 0.264 e. The lowest BCUT2D eigenvalue weighted by Crippen LogP contribution is -2.22. The molecule has 0 aliphatic heterocycles. The van der Waals surface area contributed by atoms with Gasteiger partial charge in [0.15, 0.2) is 0 Å². The Kier molecular flexibility index (Phi) is 4.34. The average Bonchev–Trinajstić information content (AvgIpc) is 3.15. The molecule has 0 atom stereocenters. The van der Waals surface area contributed by atoms with E-state index >= 15 is 0 Å². The van der Waals surface area contributed by atoms with Crippen LogP contribution in [0.3, 0.4) is 0 Å². The van der Waals surface area contributed by atoms with Gasteiger partial charge < -0.3 is 0 Å². The lowest BCUT2D eigenvalue weighted by atomic mass is 10.2. The highest BCUT2D eigenvalue weighted by Crippen LogP contribution is 2.23. The van der Waals surface area contributed by atoms with Gasteiger partial charge >= 0.3 is 0 Å². The molecule has 0 aromatic carbocycles. The average molecular weight is 351 g/mol. The zero-order chi connectivity index (χ0) is 15.6. The van der Waals surface area contributed by atoms with Crippen LogP contribution in [0.5, 0.6) is 0 Å². The summed E-state index contributed by atoms with van der Waals surface area (Å²) < 4.78 is 27.2. The van der Waals surface area contributed by atoms with Crippen LogP contribution in [0.25, 0.3) is 11.3 Å². The quantitative estimate of drug-likeness (QED) is 0.767. The van der Waals surface area contributed by atoms with Gasteiger partial charge in [0.2, 0.25) is 10.0 Å². The minimum atomic E-state index is -3.47. The van der Waals surface area contributed by atoms with E-state index in [4.69, 9.17) is 0 Å². The Morgan fingerprint density at radius 1 is 1.27 bits per heavy atom. The summed E-state index contributed by atoms with van der Waals surface area (Å²) in [5.41, 5.74) is 1.72. The van der Waals surface area contributed by atoms with E-state index in [0.717, 1.165) is 21.1 Å². The van der Waals surface area contributed by atoms with Crippen molar-refractivity contribution in [2.45, 2.75) is 17.7 Å². The second-order valence-electron chi connectivity index (χ2n) is 4.56. The molecule has 5 nitrogen and oxygen atoms in total. The summed E-state index contributed by atoms with van der Waals surface area (Å²) in [6.07, 6.45) is 3.44. The molecule has 3 rings (SSSR count). The molecule has 0 bridgehead atoms. The van der Waals surface area contributed by atoms with E-state index in [1.54, 1.807) is 24.5 Å². The fraction of sp³-hybridized carbons (Fsp3) is 0.143. The van der Waals surface area contributed by atoms with Crippen LogP contribution in [0.2, 0.25) is 0 Å². The van der Waals surface area contributed by atoms with Crippen molar-refractivity contribution in [3.05, 3.63) is 51.9 Å². The molecule has 0 unspecified atom stereocenters. The number of aromatic nitrogens is 2. The molecule has 8 heteroatoms. The van der Waals surface area contributed by atoms with Crippen LogP contribution in [0.4, 0.5) is 0 Å². The van der Waals surface area contributed by atoms with Gasteiger partial charge in [0.25, 0.3) is 0 Å². The topological polar surface area (TPSA) is 72.0 Å². The van der Waals surface area contributed by atoms with Gasteiger partial charge in [0.05, 0.1) is 12.2 Å². The van der Waals surface area contributed by atoms with Gasteiger partial charge in [0, 0.05) is 28.2 Å². The molecule has 0 saturated heterocycles. The summed E-state index contributed by atoms with van der Waals surface area (Å²) in [6, 6.07) is 7.18. The summed E-state index contributed by atoms with van der Waals surface area (Å²) in [6.45, 7) is 2.06. The Hall–Kier alpha value is -1.61. The van der Waals surface area contributed by atoms with E-state index in [0.29, 0.717) is 4.21 Å².